The van der Waals surface area contributed by atoms with Gasteiger partial charge in [0.1, 0.15) is 11.6 Å². The average Bonchev–Trinajstić information content (AvgIpc) is 2.29. The van der Waals surface area contributed by atoms with Crippen molar-refractivity contribution in [3.63, 3.8) is 0 Å². The van der Waals surface area contributed by atoms with Crippen molar-refractivity contribution >= 4 is 21.6 Å². The molecule has 0 nitrogen and oxygen atoms in total. The summed E-state index contributed by atoms with van der Waals surface area (Å²) < 4.78 is 25.9. The maximum Gasteiger partial charge on any atom is 0.140 e. The summed E-state index contributed by atoms with van der Waals surface area (Å²) >= 11 is 0. The molecule has 0 saturated carbocycles. The van der Waals surface area contributed by atoms with Crippen LogP contribution in [0.1, 0.15) is 0 Å². The van der Waals surface area contributed by atoms with Gasteiger partial charge in [0.15, 0.2) is 0 Å². The van der Waals surface area contributed by atoms with Crippen LogP contribution >= 0.6 is 21.6 Å². The van der Waals surface area contributed by atoms with Crippen LogP contribution in [0.5, 0.6) is 0 Å². The predicted molar refractivity (Wildman–Crippen MR) is 64.5 cm³/mol. The summed E-state index contributed by atoms with van der Waals surface area (Å²) in [7, 11) is 2.73. The van der Waals surface area contributed by atoms with E-state index in [-0.39, 0.29) is 0 Å². The number of hydrogen-bond acceptors (Lipinski definition) is 2. The van der Waals surface area contributed by atoms with Gasteiger partial charge in [-0.1, -0.05) is 29.0 Å². The maximum absolute atomic E-state index is 13.3. The first-order valence-corrected chi connectivity index (χ1v) is 6.75. The number of hydrogen-bond donors (Lipinski definition) is 0. The van der Waals surface area contributed by atoms with E-state index in [1.54, 1.807) is 0 Å². The molecule has 0 unspecified atom stereocenters. The summed E-state index contributed by atoms with van der Waals surface area (Å²) in [5, 5.41) is 0. The van der Waals surface area contributed by atoms with Crippen LogP contribution in [0.2, 0.25) is 0 Å². The normalized spacial score (nSPS) is 10.4. The van der Waals surface area contributed by atoms with Gasteiger partial charge in [-0.05, 0) is 35.1 Å². The Kier molecular flexibility index (Phi) is 3.85. The molecule has 0 N–H and O–H groups in total. The highest BCUT2D eigenvalue weighted by Crippen LogP contribution is 2.38. The molecule has 0 saturated heterocycles. The van der Waals surface area contributed by atoms with Crippen molar-refractivity contribution in [2.75, 3.05) is 0 Å². The lowest BCUT2D eigenvalue weighted by Gasteiger charge is -2.02. The molecule has 0 atom stereocenters. The van der Waals surface area contributed by atoms with Crippen molar-refractivity contribution < 1.29 is 8.78 Å². The van der Waals surface area contributed by atoms with E-state index in [0.717, 1.165) is 11.0 Å². The van der Waals surface area contributed by atoms with E-state index in [1.807, 2.05) is 30.3 Å². The quantitative estimate of drug-likeness (QED) is 0.724. The molecule has 0 aliphatic heterocycles. The van der Waals surface area contributed by atoms with E-state index in [4.69, 9.17) is 0 Å². The van der Waals surface area contributed by atoms with Crippen molar-refractivity contribution in [1.29, 1.82) is 0 Å². The Balaban J connectivity index is 2.05. The molecule has 0 radical (unpaired) electrons. The van der Waals surface area contributed by atoms with E-state index in [0.29, 0.717) is 4.90 Å². The van der Waals surface area contributed by atoms with Gasteiger partial charge in [0.2, 0.25) is 0 Å². The van der Waals surface area contributed by atoms with Crippen LogP contribution in [0.25, 0.3) is 0 Å². The van der Waals surface area contributed by atoms with Gasteiger partial charge in [0.25, 0.3) is 0 Å². The van der Waals surface area contributed by atoms with Crippen LogP contribution in [-0.2, 0) is 0 Å². The largest absolute Gasteiger partial charge is 0.207 e. The molecule has 0 spiro atoms. The maximum atomic E-state index is 13.3. The lowest BCUT2D eigenvalue weighted by atomic mass is 10.3. The third kappa shape index (κ3) is 3.00. The number of benzene rings is 2. The Bertz CT molecular complexity index is 472. The molecule has 0 heterocycles. The number of rotatable bonds is 3. The minimum absolute atomic E-state index is 0.440. The van der Waals surface area contributed by atoms with Gasteiger partial charge in [-0.3, -0.25) is 0 Å². The summed E-state index contributed by atoms with van der Waals surface area (Å²) in [6.07, 6.45) is 0. The van der Waals surface area contributed by atoms with Gasteiger partial charge < -0.3 is 0 Å². The fourth-order valence-corrected chi connectivity index (χ4v) is 3.13. The molecule has 2 rings (SSSR count). The Morgan fingerprint density at radius 1 is 0.812 bits per heavy atom. The highest BCUT2D eigenvalue weighted by Gasteiger charge is 2.05. The van der Waals surface area contributed by atoms with Crippen LogP contribution in [0.15, 0.2) is 58.3 Å². The van der Waals surface area contributed by atoms with Gasteiger partial charge >= 0.3 is 0 Å². The molecule has 82 valence electrons. The smallest absolute Gasteiger partial charge is 0.140 e. The molecule has 0 amide bonds. The van der Waals surface area contributed by atoms with Gasteiger partial charge in [0, 0.05) is 11.0 Å². The molecular formula is C12H8F2S2. The zero-order valence-electron chi connectivity index (χ0n) is 8.19. The first-order valence-electron chi connectivity index (χ1n) is 4.60. The molecule has 2 aromatic carbocycles. The molecule has 0 fully saturated rings. The minimum Gasteiger partial charge on any atom is -0.207 e. The third-order valence-corrected chi connectivity index (χ3v) is 4.29. The predicted octanol–water partition coefficient (Wildman–Crippen LogP) is 4.76. The van der Waals surface area contributed by atoms with E-state index in [2.05, 4.69) is 0 Å². The molecule has 0 bridgehead atoms. The average molecular weight is 254 g/mol. The lowest BCUT2D eigenvalue weighted by Crippen LogP contribution is -1.81. The van der Waals surface area contributed by atoms with Gasteiger partial charge in [-0.15, -0.1) is 0 Å². The Labute approximate surface area is 100 Å². The standard InChI is InChI=1S/C12H8F2S2/c13-9-6-7-12(11(14)8-9)16-15-10-4-2-1-3-5-10/h1-8H. The first-order chi connectivity index (χ1) is 7.75. The molecule has 2 aromatic rings. The van der Waals surface area contributed by atoms with E-state index in [1.165, 1.54) is 33.7 Å². The first kappa shape index (κ1) is 11.5. The fraction of sp³-hybridized carbons (Fsp3) is 0. The monoisotopic (exact) mass is 254 g/mol. The second kappa shape index (κ2) is 5.37. The molecule has 0 aliphatic rings. The Morgan fingerprint density at radius 2 is 1.56 bits per heavy atom. The molecule has 0 aliphatic carbocycles. The summed E-state index contributed by atoms with van der Waals surface area (Å²) in [4.78, 5) is 1.48. The Hall–Kier alpha value is -1.00. The molecule has 4 heteroatoms. The summed E-state index contributed by atoms with van der Waals surface area (Å²) in [6.45, 7) is 0. The van der Waals surface area contributed by atoms with Crippen molar-refractivity contribution in [3.8, 4) is 0 Å². The van der Waals surface area contributed by atoms with Gasteiger partial charge in [-0.2, -0.15) is 0 Å². The van der Waals surface area contributed by atoms with Crippen LogP contribution in [-0.4, -0.2) is 0 Å². The zero-order valence-corrected chi connectivity index (χ0v) is 9.82. The van der Waals surface area contributed by atoms with Crippen LogP contribution in [0.3, 0.4) is 0 Å². The zero-order chi connectivity index (χ0) is 11.4. The Morgan fingerprint density at radius 3 is 2.25 bits per heavy atom. The lowest BCUT2D eigenvalue weighted by molar-refractivity contribution is 0.566. The summed E-state index contributed by atoms with van der Waals surface area (Å²) in [6, 6.07) is 13.3. The second-order valence-electron chi connectivity index (χ2n) is 3.05. The fourth-order valence-electron chi connectivity index (χ4n) is 1.11. The summed E-state index contributed by atoms with van der Waals surface area (Å²) in [5.41, 5.74) is 0. The van der Waals surface area contributed by atoms with E-state index in [9.17, 15) is 8.78 Å². The van der Waals surface area contributed by atoms with Crippen LogP contribution in [0.4, 0.5) is 8.78 Å². The third-order valence-electron chi connectivity index (χ3n) is 1.86. The summed E-state index contributed by atoms with van der Waals surface area (Å²) in [5.74, 6) is -1.07. The molecular weight excluding hydrogens is 246 g/mol. The number of halogens is 2. The second-order valence-corrected chi connectivity index (χ2v) is 5.30. The van der Waals surface area contributed by atoms with Crippen molar-refractivity contribution in [2.45, 2.75) is 9.79 Å². The van der Waals surface area contributed by atoms with Crippen LogP contribution in [0, 0.1) is 11.6 Å². The highest BCUT2D eigenvalue weighted by atomic mass is 33.1. The van der Waals surface area contributed by atoms with Gasteiger partial charge in [-0.25, -0.2) is 8.78 Å². The van der Waals surface area contributed by atoms with Gasteiger partial charge in [0.05, 0.1) is 4.90 Å². The molecule has 16 heavy (non-hydrogen) atoms. The van der Waals surface area contributed by atoms with Crippen LogP contribution < -0.4 is 0 Å². The van der Waals surface area contributed by atoms with E-state index >= 15 is 0 Å². The topological polar surface area (TPSA) is 0 Å². The SMILES string of the molecule is Fc1ccc(SSc2ccccc2)c(F)c1. The minimum atomic E-state index is -0.549. The van der Waals surface area contributed by atoms with Crippen molar-refractivity contribution in [1.82, 2.24) is 0 Å². The van der Waals surface area contributed by atoms with Crippen molar-refractivity contribution in [2.24, 2.45) is 0 Å². The van der Waals surface area contributed by atoms with Crippen molar-refractivity contribution in [3.05, 3.63) is 60.2 Å². The molecule has 0 aromatic heterocycles. The highest BCUT2D eigenvalue weighted by molar-refractivity contribution is 8.76. The van der Waals surface area contributed by atoms with E-state index < -0.39 is 11.6 Å².